The van der Waals surface area contributed by atoms with Gasteiger partial charge in [-0.15, -0.1) is 7.92 Å². The highest BCUT2D eigenvalue weighted by Gasteiger charge is 1.94. The Labute approximate surface area is 91.0 Å². The van der Waals surface area contributed by atoms with E-state index in [-0.39, 0.29) is 0 Å². The first-order valence-corrected chi connectivity index (χ1v) is 8.45. The van der Waals surface area contributed by atoms with Gasteiger partial charge in [0.05, 0.1) is 0 Å². The molecular formula is C12H27OP. The van der Waals surface area contributed by atoms with Gasteiger partial charge in [0, 0.05) is 6.61 Å². The topological polar surface area (TPSA) is 20.2 Å². The first kappa shape index (κ1) is 14.4. The Morgan fingerprint density at radius 1 is 0.714 bits per heavy atom. The number of unbranched alkanes of at least 4 members (excludes halogenated alkanes) is 7. The molecule has 0 amide bonds. The zero-order valence-corrected chi connectivity index (χ0v) is 10.9. The first-order chi connectivity index (χ1) is 6.77. The van der Waals surface area contributed by atoms with Gasteiger partial charge in [-0.2, -0.15) is 0 Å². The van der Waals surface area contributed by atoms with Gasteiger partial charge in [0.2, 0.25) is 0 Å². The summed E-state index contributed by atoms with van der Waals surface area (Å²) in [6.07, 6.45) is 12.0. The fourth-order valence-corrected chi connectivity index (χ4v) is 2.46. The number of hydrogen-bond donors (Lipinski definition) is 1. The molecule has 1 nitrogen and oxygen atoms in total. The van der Waals surface area contributed by atoms with Gasteiger partial charge in [0.1, 0.15) is 0 Å². The van der Waals surface area contributed by atoms with Gasteiger partial charge in [-0.3, -0.25) is 0 Å². The second kappa shape index (κ2) is 11.5. The summed E-state index contributed by atoms with van der Waals surface area (Å²) >= 11 is 0. The second-order valence-corrected chi connectivity index (χ2v) is 6.96. The number of aliphatic hydroxyl groups is 1. The summed E-state index contributed by atoms with van der Waals surface area (Å²) in [4.78, 5) is 0. The highest BCUT2D eigenvalue weighted by atomic mass is 31.1. The largest absolute Gasteiger partial charge is 0.396 e. The highest BCUT2D eigenvalue weighted by Crippen LogP contribution is 2.26. The molecule has 0 atom stereocenters. The molecule has 0 unspecified atom stereocenters. The van der Waals surface area contributed by atoms with Crippen molar-refractivity contribution >= 4 is 7.92 Å². The minimum absolute atomic E-state index is 0.339. The average Bonchev–Trinajstić information content (AvgIpc) is 2.15. The predicted octanol–water partition coefficient (Wildman–Crippen LogP) is 3.84. The Hall–Kier alpha value is 0.390. The SMILES string of the molecule is CP(C)CCCCCCCCCCO. The van der Waals surface area contributed by atoms with Crippen LogP contribution in [0.5, 0.6) is 0 Å². The van der Waals surface area contributed by atoms with Crippen molar-refractivity contribution in [1.82, 2.24) is 0 Å². The van der Waals surface area contributed by atoms with Crippen molar-refractivity contribution in [3.8, 4) is 0 Å². The maximum atomic E-state index is 8.59. The predicted molar refractivity (Wildman–Crippen MR) is 67.7 cm³/mol. The van der Waals surface area contributed by atoms with E-state index in [1.54, 1.807) is 0 Å². The van der Waals surface area contributed by atoms with Gasteiger partial charge in [0.15, 0.2) is 0 Å². The van der Waals surface area contributed by atoms with Crippen LogP contribution in [0.1, 0.15) is 51.4 Å². The molecule has 0 aromatic rings. The van der Waals surface area contributed by atoms with Gasteiger partial charge < -0.3 is 5.11 Å². The van der Waals surface area contributed by atoms with Crippen molar-refractivity contribution in [2.24, 2.45) is 0 Å². The zero-order valence-electron chi connectivity index (χ0n) is 9.97. The van der Waals surface area contributed by atoms with Crippen LogP contribution in [0.2, 0.25) is 0 Å². The molecule has 0 aromatic carbocycles. The Morgan fingerprint density at radius 3 is 1.57 bits per heavy atom. The lowest BCUT2D eigenvalue weighted by atomic mass is 10.1. The summed E-state index contributed by atoms with van der Waals surface area (Å²) in [6.45, 7) is 5.10. The molecule has 2 heteroatoms. The lowest BCUT2D eigenvalue weighted by Gasteiger charge is -2.04. The maximum absolute atomic E-state index is 8.59. The van der Waals surface area contributed by atoms with Gasteiger partial charge in [0.25, 0.3) is 0 Å². The van der Waals surface area contributed by atoms with Crippen molar-refractivity contribution in [2.75, 3.05) is 26.1 Å². The molecule has 0 heterocycles. The summed E-state index contributed by atoms with van der Waals surface area (Å²) in [7, 11) is 0.339. The molecule has 0 saturated heterocycles. The molecule has 0 rings (SSSR count). The molecule has 0 aliphatic carbocycles. The highest BCUT2D eigenvalue weighted by molar-refractivity contribution is 7.55. The monoisotopic (exact) mass is 218 g/mol. The third kappa shape index (κ3) is 12.4. The minimum atomic E-state index is 0.339. The van der Waals surface area contributed by atoms with Crippen LogP contribution in [0.4, 0.5) is 0 Å². The number of rotatable bonds is 10. The summed E-state index contributed by atoms with van der Waals surface area (Å²) in [5.74, 6) is 0. The average molecular weight is 218 g/mol. The molecule has 1 N–H and O–H groups in total. The van der Waals surface area contributed by atoms with Gasteiger partial charge in [-0.25, -0.2) is 0 Å². The van der Waals surface area contributed by atoms with E-state index in [4.69, 9.17) is 5.11 Å². The van der Waals surface area contributed by atoms with Gasteiger partial charge >= 0.3 is 0 Å². The van der Waals surface area contributed by atoms with Crippen LogP contribution in [0.3, 0.4) is 0 Å². The summed E-state index contributed by atoms with van der Waals surface area (Å²) in [5.41, 5.74) is 0. The summed E-state index contributed by atoms with van der Waals surface area (Å²) in [6, 6.07) is 0. The molecule has 86 valence electrons. The molecule has 0 aromatic heterocycles. The van der Waals surface area contributed by atoms with E-state index in [1.807, 2.05) is 0 Å². The van der Waals surface area contributed by atoms with E-state index in [2.05, 4.69) is 13.3 Å². The van der Waals surface area contributed by atoms with Crippen molar-refractivity contribution in [3.63, 3.8) is 0 Å². The van der Waals surface area contributed by atoms with Crippen LogP contribution in [0, 0.1) is 0 Å². The van der Waals surface area contributed by atoms with Crippen LogP contribution in [0.25, 0.3) is 0 Å². The molecule has 0 radical (unpaired) electrons. The van der Waals surface area contributed by atoms with Gasteiger partial charge in [-0.05, 0) is 32.3 Å². The smallest absolute Gasteiger partial charge is 0.0431 e. The summed E-state index contributed by atoms with van der Waals surface area (Å²) < 4.78 is 0. The van der Waals surface area contributed by atoms with E-state index in [0.29, 0.717) is 14.5 Å². The first-order valence-electron chi connectivity index (χ1n) is 6.03. The van der Waals surface area contributed by atoms with Crippen LogP contribution < -0.4 is 0 Å². The van der Waals surface area contributed by atoms with Gasteiger partial charge in [-0.1, -0.05) is 38.5 Å². The van der Waals surface area contributed by atoms with E-state index in [1.165, 1.54) is 51.1 Å². The third-order valence-electron chi connectivity index (χ3n) is 2.51. The number of aliphatic hydroxyl groups excluding tert-OH is 1. The molecule has 14 heavy (non-hydrogen) atoms. The van der Waals surface area contributed by atoms with E-state index in [9.17, 15) is 0 Å². The Kier molecular flexibility index (Phi) is 11.8. The number of hydrogen-bond acceptors (Lipinski definition) is 1. The molecular weight excluding hydrogens is 191 g/mol. The molecule has 0 aliphatic rings. The Morgan fingerprint density at radius 2 is 1.14 bits per heavy atom. The van der Waals surface area contributed by atoms with Crippen LogP contribution >= 0.6 is 7.92 Å². The van der Waals surface area contributed by atoms with Crippen molar-refractivity contribution in [3.05, 3.63) is 0 Å². The fourth-order valence-electron chi connectivity index (χ4n) is 1.60. The Bertz CT molecular complexity index is 104. The van der Waals surface area contributed by atoms with Crippen molar-refractivity contribution in [1.29, 1.82) is 0 Å². The molecule has 0 fully saturated rings. The van der Waals surface area contributed by atoms with Crippen LogP contribution in [0.15, 0.2) is 0 Å². The van der Waals surface area contributed by atoms with E-state index in [0.717, 1.165) is 6.42 Å². The molecule has 0 bridgehead atoms. The lowest BCUT2D eigenvalue weighted by Crippen LogP contribution is -1.85. The van der Waals surface area contributed by atoms with E-state index >= 15 is 0 Å². The molecule has 0 spiro atoms. The zero-order chi connectivity index (χ0) is 10.6. The van der Waals surface area contributed by atoms with Crippen LogP contribution in [-0.2, 0) is 0 Å². The quantitative estimate of drug-likeness (QED) is 0.436. The van der Waals surface area contributed by atoms with Crippen molar-refractivity contribution < 1.29 is 5.11 Å². The minimum Gasteiger partial charge on any atom is -0.396 e. The Balaban J connectivity index is 2.85. The standard InChI is InChI=1S/C12H27OP/c1-14(2)12-10-8-6-4-3-5-7-9-11-13/h13H,3-12H2,1-2H3. The lowest BCUT2D eigenvalue weighted by molar-refractivity contribution is 0.282. The maximum Gasteiger partial charge on any atom is 0.0431 e. The molecule has 0 aliphatic heterocycles. The van der Waals surface area contributed by atoms with Crippen LogP contribution in [-0.4, -0.2) is 31.2 Å². The third-order valence-corrected chi connectivity index (χ3v) is 3.72. The summed E-state index contributed by atoms with van der Waals surface area (Å²) in [5, 5.41) is 8.59. The van der Waals surface area contributed by atoms with Crippen molar-refractivity contribution in [2.45, 2.75) is 51.4 Å². The normalized spacial score (nSPS) is 11.1. The van der Waals surface area contributed by atoms with E-state index < -0.39 is 0 Å². The fraction of sp³-hybridized carbons (Fsp3) is 1.00. The molecule has 0 saturated carbocycles. The second-order valence-electron chi connectivity index (χ2n) is 4.36.